The van der Waals surface area contributed by atoms with Crippen molar-refractivity contribution in [3.8, 4) is 0 Å². The van der Waals surface area contributed by atoms with E-state index in [4.69, 9.17) is 0 Å². The lowest BCUT2D eigenvalue weighted by Gasteiger charge is -2.38. The highest BCUT2D eigenvalue weighted by molar-refractivity contribution is 7.89. The number of halogens is 2. The summed E-state index contributed by atoms with van der Waals surface area (Å²) in [6.07, 6.45) is 1.37. The van der Waals surface area contributed by atoms with E-state index >= 15 is 0 Å². The molecule has 1 unspecified atom stereocenters. The van der Waals surface area contributed by atoms with Crippen molar-refractivity contribution in [3.05, 3.63) is 65.2 Å². The number of amides is 2. The van der Waals surface area contributed by atoms with Crippen molar-refractivity contribution in [2.24, 2.45) is 5.92 Å². The number of nitrogens with zero attached hydrogens (tertiary/aromatic N) is 3. The van der Waals surface area contributed by atoms with Crippen molar-refractivity contribution in [2.75, 3.05) is 39.3 Å². The molecule has 0 aliphatic carbocycles. The third kappa shape index (κ3) is 4.97. The summed E-state index contributed by atoms with van der Waals surface area (Å²) < 4.78 is 54.2. The predicted molar refractivity (Wildman–Crippen MR) is 122 cm³/mol. The summed E-state index contributed by atoms with van der Waals surface area (Å²) in [5.41, 5.74) is 1.65. The normalized spacial score (nSPS) is 19.8. The number of carbonyl (C=O) groups is 2. The number of rotatable bonds is 4. The first kappa shape index (κ1) is 24.3. The van der Waals surface area contributed by atoms with E-state index in [1.807, 2.05) is 19.1 Å². The van der Waals surface area contributed by atoms with Crippen LogP contribution in [0, 0.1) is 24.5 Å². The molecule has 10 heteroatoms. The van der Waals surface area contributed by atoms with Gasteiger partial charge in [-0.15, -0.1) is 0 Å². The van der Waals surface area contributed by atoms with Crippen LogP contribution in [0.5, 0.6) is 0 Å². The summed E-state index contributed by atoms with van der Waals surface area (Å²) in [6.45, 7) is 3.13. The molecule has 1 atom stereocenters. The molecule has 4 rings (SSSR count). The number of piperidine rings is 1. The van der Waals surface area contributed by atoms with Crippen molar-refractivity contribution < 1.29 is 26.8 Å². The fourth-order valence-electron chi connectivity index (χ4n) is 4.46. The summed E-state index contributed by atoms with van der Waals surface area (Å²) in [5, 5.41) is 0. The first-order chi connectivity index (χ1) is 16.2. The quantitative estimate of drug-likeness (QED) is 0.659. The molecule has 2 amide bonds. The molecule has 2 aliphatic rings. The monoisotopic (exact) mass is 491 g/mol. The lowest BCUT2D eigenvalue weighted by atomic mass is 9.95. The second-order valence-corrected chi connectivity index (χ2v) is 10.7. The summed E-state index contributed by atoms with van der Waals surface area (Å²) in [4.78, 5) is 28.6. The van der Waals surface area contributed by atoms with E-state index in [0.717, 1.165) is 22.0 Å². The van der Waals surface area contributed by atoms with E-state index in [2.05, 4.69) is 0 Å². The van der Waals surface area contributed by atoms with Crippen LogP contribution in [0.3, 0.4) is 0 Å². The topological polar surface area (TPSA) is 78.0 Å². The smallest absolute Gasteiger partial charge is 0.253 e. The van der Waals surface area contributed by atoms with Gasteiger partial charge < -0.3 is 9.80 Å². The molecule has 2 aromatic carbocycles. The molecule has 0 bridgehead atoms. The number of hydrogen-bond acceptors (Lipinski definition) is 4. The van der Waals surface area contributed by atoms with Gasteiger partial charge in [-0.3, -0.25) is 9.59 Å². The standard InChI is InChI=1S/C24H27F2N3O4S/c1-17-4-6-18(7-5-17)23(30)28-10-2-3-19(16-28)24(31)27-11-13-29(14-12-27)34(32,33)22-15-20(25)8-9-21(22)26/h4-9,15,19H,2-3,10-14,16H2,1H3. The van der Waals surface area contributed by atoms with Crippen LogP contribution >= 0.6 is 0 Å². The number of hydrogen-bond donors (Lipinski definition) is 0. The Labute approximate surface area is 198 Å². The average molecular weight is 492 g/mol. The molecule has 182 valence electrons. The van der Waals surface area contributed by atoms with Crippen molar-refractivity contribution in [3.63, 3.8) is 0 Å². The maximum Gasteiger partial charge on any atom is 0.253 e. The molecule has 7 nitrogen and oxygen atoms in total. The fourth-order valence-corrected chi connectivity index (χ4v) is 5.96. The van der Waals surface area contributed by atoms with E-state index < -0.39 is 26.6 Å². The molecule has 0 N–H and O–H groups in total. The van der Waals surface area contributed by atoms with E-state index in [0.29, 0.717) is 37.6 Å². The number of aryl methyl sites for hydroxylation is 1. The third-order valence-electron chi connectivity index (χ3n) is 6.42. The summed E-state index contributed by atoms with van der Waals surface area (Å²) in [7, 11) is -4.22. The zero-order valence-electron chi connectivity index (χ0n) is 18.9. The first-order valence-corrected chi connectivity index (χ1v) is 12.7. The minimum absolute atomic E-state index is 0.0112. The van der Waals surface area contributed by atoms with Gasteiger partial charge in [0.15, 0.2) is 0 Å². The largest absolute Gasteiger partial charge is 0.340 e. The highest BCUT2D eigenvalue weighted by Gasteiger charge is 2.36. The van der Waals surface area contributed by atoms with Gasteiger partial charge >= 0.3 is 0 Å². The van der Waals surface area contributed by atoms with Gasteiger partial charge in [-0.25, -0.2) is 17.2 Å². The van der Waals surface area contributed by atoms with Crippen LogP contribution in [0.1, 0.15) is 28.8 Å². The molecular weight excluding hydrogens is 464 g/mol. The van der Waals surface area contributed by atoms with Crippen LogP contribution in [0.25, 0.3) is 0 Å². The van der Waals surface area contributed by atoms with Crippen molar-refractivity contribution in [2.45, 2.75) is 24.7 Å². The summed E-state index contributed by atoms with van der Waals surface area (Å²) in [5.74, 6) is -2.43. The van der Waals surface area contributed by atoms with Gasteiger partial charge in [-0.1, -0.05) is 17.7 Å². The predicted octanol–water partition coefficient (Wildman–Crippen LogP) is 2.66. The van der Waals surface area contributed by atoms with Gasteiger partial charge in [0.25, 0.3) is 5.91 Å². The molecule has 34 heavy (non-hydrogen) atoms. The molecule has 0 aromatic heterocycles. The number of benzene rings is 2. The van der Waals surface area contributed by atoms with Gasteiger partial charge in [0.2, 0.25) is 15.9 Å². The molecular formula is C24H27F2N3O4S. The van der Waals surface area contributed by atoms with Crippen LogP contribution < -0.4 is 0 Å². The Bertz CT molecular complexity index is 1180. The zero-order chi connectivity index (χ0) is 24.5. The minimum atomic E-state index is -4.22. The Hall–Kier alpha value is -2.85. The van der Waals surface area contributed by atoms with Crippen molar-refractivity contribution >= 4 is 21.8 Å². The SMILES string of the molecule is Cc1ccc(C(=O)N2CCCC(C(=O)N3CCN(S(=O)(=O)c4cc(F)ccc4F)CC3)C2)cc1. The highest BCUT2D eigenvalue weighted by Crippen LogP contribution is 2.24. The fraction of sp³-hybridized carbons (Fsp3) is 0.417. The number of likely N-dealkylation sites (tertiary alicyclic amines) is 1. The summed E-state index contributed by atoms with van der Waals surface area (Å²) in [6, 6.07) is 9.64. The highest BCUT2D eigenvalue weighted by atomic mass is 32.2. The molecule has 0 spiro atoms. The van der Waals surface area contributed by atoms with Crippen LogP contribution in [-0.4, -0.2) is 73.6 Å². The lowest BCUT2D eigenvalue weighted by molar-refractivity contribution is -0.138. The van der Waals surface area contributed by atoms with Crippen LogP contribution in [-0.2, 0) is 14.8 Å². The van der Waals surface area contributed by atoms with E-state index in [1.54, 1.807) is 21.9 Å². The molecule has 2 aromatic rings. The van der Waals surface area contributed by atoms with Gasteiger partial charge in [0, 0.05) is 44.8 Å². The Morgan fingerprint density at radius 2 is 1.59 bits per heavy atom. The van der Waals surface area contributed by atoms with Gasteiger partial charge in [-0.05, 0) is 50.1 Å². The summed E-state index contributed by atoms with van der Waals surface area (Å²) >= 11 is 0. The van der Waals surface area contributed by atoms with Crippen LogP contribution in [0.2, 0.25) is 0 Å². The van der Waals surface area contributed by atoms with Crippen LogP contribution in [0.15, 0.2) is 47.4 Å². The van der Waals surface area contributed by atoms with Gasteiger partial charge in [0.1, 0.15) is 16.5 Å². The Morgan fingerprint density at radius 3 is 2.26 bits per heavy atom. The van der Waals surface area contributed by atoms with E-state index in [9.17, 15) is 26.8 Å². The zero-order valence-corrected chi connectivity index (χ0v) is 19.7. The van der Waals surface area contributed by atoms with E-state index in [1.165, 1.54) is 0 Å². The third-order valence-corrected chi connectivity index (χ3v) is 8.33. The minimum Gasteiger partial charge on any atom is -0.340 e. The second-order valence-electron chi connectivity index (χ2n) is 8.76. The van der Waals surface area contributed by atoms with Gasteiger partial charge in [0.05, 0.1) is 5.92 Å². The Morgan fingerprint density at radius 1 is 0.912 bits per heavy atom. The molecule has 2 aliphatic heterocycles. The van der Waals surface area contributed by atoms with Crippen molar-refractivity contribution in [1.82, 2.24) is 14.1 Å². The maximum atomic E-state index is 14.0. The van der Waals surface area contributed by atoms with Crippen molar-refractivity contribution in [1.29, 1.82) is 0 Å². The van der Waals surface area contributed by atoms with Gasteiger partial charge in [-0.2, -0.15) is 4.31 Å². The Kier molecular flexibility index (Phi) is 6.99. The number of piperazine rings is 1. The average Bonchev–Trinajstić information content (AvgIpc) is 2.85. The number of sulfonamides is 1. The van der Waals surface area contributed by atoms with Crippen LogP contribution in [0.4, 0.5) is 8.78 Å². The molecule has 2 fully saturated rings. The molecule has 0 radical (unpaired) electrons. The first-order valence-electron chi connectivity index (χ1n) is 11.3. The second kappa shape index (κ2) is 9.79. The molecule has 2 saturated heterocycles. The maximum absolute atomic E-state index is 14.0. The van der Waals surface area contributed by atoms with E-state index in [-0.39, 0.29) is 43.9 Å². The molecule has 2 heterocycles. The lowest BCUT2D eigenvalue weighted by Crippen LogP contribution is -2.54. The molecule has 0 saturated carbocycles. The number of carbonyl (C=O) groups excluding carboxylic acids is 2. The Balaban J connectivity index is 1.38.